The van der Waals surface area contributed by atoms with Gasteiger partial charge in [0.25, 0.3) is 0 Å². The van der Waals surface area contributed by atoms with Crippen LogP contribution in [-0.4, -0.2) is 17.1 Å². The summed E-state index contributed by atoms with van der Waals surface area (Å²) in [7, 11) is 0. The van der Waals surface area contributed by atoms with Crippen LogP contribution in [0.15, 0.2) is 29.0 Å². The van der Waals surface area contributed by atoms with E-state index in [0.717, 1.165) is 23.8 Å². The first kappa shape index (κ1) is 10.6. The van der Waals surface area contributed by atoms with Crippen molar-refractivity contribution in [2.24, 2.45) is 5.73 Å². The first-order chi connectivity index (χ1) is 8.34. The minimum atomic E-state index is 0.0803. The predicted octanol–water partition coefficient (Wildman–Crippen LogP) is 2.48. The number of rotatable bonds is 2. The van der Waals surface area contributed by atoms with Gasteiger partial charge in [-0.3, -0.25) is 0 Å². The first-order valence-corrected chi connectivity index (χ1v) is 6.09. The molecule has 0 aliphatic heterocycles. The van der Waals surface area contributed by atoms with Crippen molar-refractivity contribution in [2.75, 3.05) is 0 Å². The number of hydrogen-bond donors (Lipinski definition) is 1. The molecular formula is C13H16N2O2. The fourth-order valence-corrected chi connectivity index (χ4v) is 2.38. The highest BCUT2D eigenvalue weighted by molar-refractivity contribution is 5.81. The molecule has 4 nitrogen and oxygen atoms in total. The Morgan fingerprint density at radius 2 is 2.18 bits per heavy atom. The number of pyridine rings is 1. The average Bonchev–Trinajstić information content (AvgIpc) is 2.81. The number of nitrogens with zero attached hydrogens (tertiary/aromatic N) is 1. The third-order valence-corrected chi connectivity index (χ3v) is 3.36. The highest BCUT2D eigenvalue weighted by Crippen LogP contribution is 2.27. The topological polar surface area (TPSA) is 61.3 Å². The van der Waals surface area contributed by atoms with Crippen LogP contribution in [0.2, 0.25) is 0 Å². The molecule has 0 radical (unpaired) electrons. The van der Waals surface area contributed by atoms with Crippen LogP contribution in [0.1, 0.15) is 25.7 Å². The van der Waals surface area contributed by atoms with E-state index in [9.17, 15) is 0 Å². The van der Waals surface area contributed by atoms with Crippen LogP contribution in [0, 0.1) is 0 Å². The maximum atomic E-state index is 6.07. The predicted molar refractivity (Wildman–Crippen MR) is 64.9 cm³/mol. The largest absolute Gasteiger partial charge is 0.472 e. The Hall–Kier alpha value is -1.55. The molecule has 17 heavy (non-hydrogen) atoms. The lowest BCUT2D eigenvalue weighted by atomic mass is 9.93. The summed E-state index contributed by atoms with van der Waals surface area (Å²) in [5, 5.41) is 0.922. The van der Waals surface area contributed by atoms with Crippen molar-refractivity contribution in [1.82, 2.24) is 4.98 Å². The second kappa shape index (κ2) is 4.37. The van der Waals surface area contributed by atoms with Gasteiger partial charge in [-0.05, 0) is 31.4 Å². The zero-order valence-electron chi connectivity index (χ0n) is 9.63. The van der Waals surface area contributed by atoms with Crippen molar-refractivity contribution in [3.8, 4) is 5.88 Å². The summed E-state index contributed by atoms with van der Waals surface area (Å²) in [6.45, 7) is 0. The Morgan fingerprint density at radius 3 is 3.06 bits per heavy atom. The van der Waals surface area contributed by atoms with Crippen LogP contribution in [-0.2, 0) is 0 Å². The van der Waals surface area contributed by atoms with Crippen LogP contribution in [0.25, 0.3) is 11.0 Å². The molecule has 2 N–H and O–H groups in total. The standard InChI is InChI=1S/C13H16N2O2/c14-10-3-1-2-4-12(10)17-13-9-6-8-16-11(9)5-7-15-13/h5-8,10,12H,1-4,14H2/t10-,12-/m1/s1. The highest BCUT2D eigenvalue weighted by Gasteiger charge is 2.24. The van der Waals surface area contributed by atoms with Gasteiger partial charge >= 0.3 is 0 Å². The summed E-state index contributed by atoms with van der Waals surface area (Å²) < 4.78 is 11.3. The van der Waals surface area contributed by atoms with Crippen molar-refractivity contribution < 1.29 is 9.15 Å². The van der Waals surface area contributed by atoms with E-state index in [-0.39, 0.29) is 12.1 Å². The highest BCUT2D eigenvalue weighted by atomic mass is 16.5. The van der Waals surface area contributed by atoms with Gasteiger partial charge < -0.3 is 14.9 Å². The smallest absolute Gasteiger partial charge is 0.224 e. The number of aromatic nitrogens is 1. The van der Waals surface area contributed by atoms with E-state index >= 15 is 0 Å². The van der Waals surface area contributed by atoms with Gasteiger partial charge in [-0.15, -0.1) is 0 Å². The minimum Gasteiger partial charge on any atom is -0.472 e. The zero-order valence-corrected chi connectivity index (χ0v) is 9.63. The lowest BCUT2D eigenvalue weighted by molar-refractivity contribution is 0.129. The molecule has 0 spiro atoms. The Labute approximate surface area is 99.8 Å². The molecule has 1 aliphatic carbocycles. The van der Waals surface area contributed by atoms with E-state index in [4.69, 9.17) is 14.9 Å². The summed E-state index contributed by atoms with van der Waals surface area (Å²) in [5.74, 6) is 0.638. The molecule has 0 bridgehead atoms. The lowest BCUT2D eigenvalue weighted by Crippen LogP contribution is -2.41. The molecule has 2 heterocycles. The van der Waals surface area contributed by atoms with Crippen LogP contribution in [0.3, 0.4) is 0 Å². The Balaban J connectivity index is 1.86. The van der Waals surface area contributed by atoms with Crippen LogP contribution >= 0.6 is 0 Å². The molecule has 2 atom stereocenters. The summed E-state index contributed by atoms with van der Waals surface area (Å²) >= 11 is 0. The molecule has 90 valence electrons. The van der Waals surface area contributed by atoms with E-state index in [1.54, 1.807) is 12.5 Å². The minimum absolute atomic E-state index is 0.0803. The van der Waals surface area contributed by atoms with E-state index in [2.05, 4.69) is 4.98 Å². The van der Waals surface area contributed by atoms with Gasteiger partial charge in [0.15, 0.2) is 0 Å². The van der Waals surface area contributed by atoms with Crippen molar-refractivity contribution in [1.29, 1.82) is 0 Å². The average molecular weight is 232 g/mol. The number of hydrogen-bond acceptors (Lipinski definition) is 4. The number of fused-ring (bicyclic) bond motifs is 1. The van der Waals surface area contributed by atoms with Crippen molar-refractivity contribution in [3.63, 3.8) is 0 Å². The summed E-state index contributed by atoms with van der Waals surface area (Å²) in [6.07, 6.45) is 7.86. The SMILES string of the molecule is N[C@@H]1CCCC[C@H]1Oc1nccc2occc12. The van der Waals surface area contributed by atoms with Gasteiger partial charge in [-0.25, -0.2) is 4.98 Å². The van der Waals surface area contributed by atoms with Crippen LogP contribution in [0.5, 0.6) is 5.88 Å². The van der Waals surface area contributed by atoms with Gasteiger partial charge in [-0.1, -0.05) is 6.42 Å². The molecule has 1 fully saturated rings. The normalized spacial score (nSPS) is 25.0. The van der Waals surface area contributed by atoms with Crippen molar-refractivity contribution >= 4 is 11.0 Å². The molecule has 1 aliphatic rings. The third-order valence-electron chi connectivity index (χ3n) is 3.36. The van der Waals surface area contributed by atoms with Gasteiger partial charge in [0.1, 0.15) is 11.7 Å². The second-order valence-electron chi connectivity index (χ2n) is 4.55. The number of nitrogens with two attached hydrogens (primary N) is 1. The van der Waals surface area contributed by atoms with E-state index < -0.39 is 0 Å². The molecule has 2 aromatic rings. The zero-order chi connectivity index (χ0) is 11.7. The summed E-state index contributed by atoms with van der Waals surface area (Å²) in [4.78, 5) is 4.27. The maximum absolute atomic E-state index is 6.07. The Bertz CT molecular complexity index is 509. The van der Waals surface area contributed by atoms with Gasteiger partial charge in [0.2, 0.25) is 5.88 Å². The third kappa shape index (κ3) is 2.00. The molecule has 4 heteroatoms. The fraction of sp³-hybridized carbons (Fsp3) is 0.462. The van der Waals surface area contributed by atoms with Crippen LogP contribution in [0.4, 0.5) is 0 Å². The molecule has 0 unspecified atom stereocenters. The quantitative estimate of drug-likeness (QED) is 0.864. The monoisotopic (exact) mass is 232 g/mol. The molecule has 2 aromatic heterocycles. The van der Waals surface area contributed by atoms with Crippen molar-refractivity contribution in [2.45, 2.75) is 37.8 Å². The number of ether oxygens (including phenoxy) is 1. The van der Waals surface area contributed by atoms with Crippen molar-refractivity contribution in [3.05, 3.63) is 24.6 Å². The van der Waals surface area contributed by atoms with Crippen LogP contribution < -0.4 is 10.5 Å². The molecule has 0 amide bonds. The molecular weight excluding hydrogens is 216 g/mol. The fourth-order valence-electron chi connectivity index (χ4n) is 2.38. The van der Waals surface area contributed by atoms with E-state index in [1.165, 1.54) is 12.8 Å². The molecule has 0 aromatic carbocycles. The lowest BCUT2D eigenvalue weighted by Gasteiger charge is -2.28. The number of furan rings is 1. The molecule has 1 saturated carbocycles. The Morgan fingerprint density at radius 1 is 1.29 bits per heavy atom. The van der Waals surface area contributed by atoms with E-state index in [1.807, 2.05) is 12.1 Å². The maximum Gasteiger partial charge on any atom is 0.224 e. The van der Waals surface area contributed by atoms with Gasteiger partial charge in [-0.2, -0.15) is 0 Å². The second-order valence-corrected chi connectivity index (χ2v) is 4.55. The van der Waals surface area contributed by atoms with Gasteiger partial charge in [0, 0.05) is 12.2 Å². The Kier molecular flexibility index (Phi) is 2.73. The van der Waals surface area contributed by atoms with E-state index in [0.29, 0.717) is 5.88 Å². The molecule has 0 saturated heterocycles. The molecule has 3 rings (SSSR count). The van der Waals surface area contributed by atoms with Gasteiger partial charge in [0.05, 0.1) is 11.6 Å². The summed E-state index contributed by atoms with van der Waals surface area (Å²) in [5.41, 5.74) is 6.87. The summed E-state index contributed by atoms with van der Waals surface area (Å²) in [6, 6.07) is 3.84. The first-order valence-electron chi connectivity index (χ1n) is 6.09.